The van der Waals surface area contributed by atoms with Crippen molar-refractivity contribution in [3.63, 3.8) is 0 Å². The van der Waals surface area contributed by atoms with Gasteiger partial charge in [-0.3, -0.25) is 0 Å². The first-order valence-corrected chi connectivity index (χ1v) is 12.7. The summed E-state index contributed by atoms with van der Waals surface area (Å²) in [4.78, 5) is 24.4. The lowest BCUT2D eigenvalue weighted by Gasteiger charge is -2.23. The van der Waals surface area contributed by atoms with E-state index in [-0.39, 0.29) is 25.0 Å². The zero-order valence-electron chi connectivity index (χ0n) is 20.2. The summed E-state index contributed by atoms with van der Waals surface area (Å²) in [7, 11) is 0. The van der Waals surface area contributed by atoms with Gasteiger partial charge in [0.25, 0.3) is 0 Å². The average Bonchev–Trinajstić information content (AvgIpc) is 3.22. The van der Waals surface area contributed by atoms with Crippen LogP contribution in [0, 0.1) is 0 Å². The van der Waals surface area contributed by atoms with Crippen LogP contribution in [0.2, 0.25) is 0 Å². The van der Waals surface area contributed by atoms with Crippen LogP contribution in [-0.2, 0) is 16.0 Å². The van der Waals surface area contributed by atoms with Crippen LogP contribution in [0.1, 0.15) is 54.7 Å². The van der Waals surface area contributed by atoms with Gasteiger partial charge in [-0.1, -0.05) is 67.1 Å². The van der Waals surface area contributed by atoms with E-state index in [1.807, 2.05) is 60.7 Å². The lowest BCUT2D eigenvalue weighted by Crippen LogP contribution is -2.42. The number of fused-ring (bicyclic) bond motifs is 3. The monoisotopic (exact) mass is 485 g/mol. The van der Waals surface area contributed by atoms with Crippen LogP contribution >= 0.6 is 0 Å². The highest BCUT2D eigenvalue weighted by atomic mass is 16.5. The van der Waals surface area contributed by atoms with Gasteiger partial charge in [0.1, 0.15) is 18.4 Å². The fraction of sp³-hybridized carbons (Fsp3) is 0.333. The molecule has 1 amide bonds. The van der Waals surface area contributed by atoms with Gasteiger partial charge in [-0.15, -0.1) is 0 Å². The molecule has 5 rings (SSSR count). The van der Waals surface area contributed by atoms with Gasteiger partial charge in [0, 0.05) is 12.3 Å². The molecule has 0 radical (unpaired) electrons. The van der Waals surface area contributed by atoms with Gasteiger partial charge < -0.3 is 19.9 Å². The highest BCUT2D eigenvalue weighted by Crippen LogP contribution is 2.44. The van der Waals surface area contributed by atoms with E-state index in [4.69, 9.17) is 9.47 Å². The fourth-order valence-electron chi connectivity index (χ4n) is 5.30. The lowest BCUT2D eigenvalue weighted by molar-refractivity contribution is -0.139. The molecule has 0 bridgehead atoms. The van der Waals surface area contributed by atoms with Gasteiger partial charge in [-0.25, -0.2) is 9.59 Å². The van der Waals surface area contributed by atoms with Crippen LogP contribution in [0.25, 0.3) is 11.1 Å². The van der Waals surface area contributed by atoms with Gasteiger partial charge in [0.15, 0.2) is 0 Å². The second-order valence-electron chi connectivity index (χ2n) is 9.59. The first kappa shape index (κ1) is 23.9. The van der Waals surface area contributed by atoms with Crippen LogP contribution < -0.4 is 10.1 Å². The Bertz CT molecular complexity index is 1170. The van der Waals surface area contributed by atoms with Crippen LogP contribution in [-0.4, -0.2) is 35.9 Å². The molecule has 36 heavy (non-hydrogen) atoms. The summed E-state index contributed by atoms with van der Waals surface area (Å²) in [5.74, 6) is -0.392. The molecule has 1 atom stereocenters. The first-order chi connectivity index (χ1) is 17.6. The first-order valence-electron chi connectivity index (χ1n) is 12.7. The third-order valence-corrected chi connectivity index (χ3v) is 7.15. The predicted molar refractivity (Wildman–Crippen MR) is 137 cm³/mol. The van der Waals surface area contributed by atoms with Crippen molar-refractivity contribution in [3.8, 4) is 16.9 Å². The van der Waals surface area contributed by atoms with Crippen molar-refractivity contribution in [2.24, 2.45) is 0 Å². The van der Waals surface area contributed by atoms with E-state index >= 15 is 0 Å². The molecule has 0 aromatic heterocycles. The number of carbonyl (C=O) groups excluding carboxylic acids is 1. The van der Waals surface area contributed by atoms with Crippen LogP contribution in [0.4, 0.5) is 4.79 Å². The summed E-state index contributed by atoms with van der Waals surface area (Å²) < 4.78 is 11.6. The molecule has 3 aromatic rings. The van der Waals surface area contributed by atoms with Crippen molar-refractivity contribution in [2.75, 3.05) is 6.61 Å². The van der Waals surface area contributed by atoms with E-state index in [1.165, 1.54) is 19.3 Å². The minimum atomic E-state index is -1.11. The topological polar surface area (TPSA) is 84.9 Å². The standard InChI is InChI=1S/C30H31NO5/c32-29(33)28(18-20-14-16-22(17-15-20)36-21-8-2-1-3-9-21)31-30(34)35-19-27-25-12-6-4-10-23(25)24-11-5-7-13-26(24)27/h4-7,10-17,21,27-28H,1-3,8-9,18-19H2,(H,31,34)(H,32,33)/t28-/m0/s1. The number of benzene rings is 3. The number of carbonyl (C=O) groups is 2. The molecule has 2 aliphatic carbocycles. The molecule has 0 unspecified atom stereocenters. The van der Waals surface area contributed by atoms with Gasteiger partial charge >= 0.3 is 12.1 Å². The van der Waals surface area contributed by atoms with Crippen LogP contribution in [0.15, 0.2) is 72.8 Å². The Kier molecular flexibility index (Phi) is 7.21. The second-order valence-corrected chi connectivity index (χ2v) is 9.59. The molecule has 1 saturated carbocycles. The number of hydrogen-bond acceptors (Lipinski definition) is 4. The third kappa shape index (κ3) is 5.38. The summed E-state index contributed by atoms with van der Waals surface area (Å²) in [5, 5.41) is 12.2. The zero-order valence-corrected chi connectivity index (χ0v) is 20.2. The van der Waals surface area contributed by atoms with Crippen LogP contribution in [0.3, 0.4) is 0 Å². The minimum Gasteiger partial charge on any atom is -0.490 e. The van der Waals surface area contributed by atoms with Gasteiger partial charge in [-0.05, 0) is 65.6 Å². The summed E-state index contributed by atoms with van der Waals surface area (Å²) in [6.45, 7) is 0.138. The molecule has 3 aromatic carbocycles. The van der Waals surface area contributed by atoms with E-state index < -0.39 is 18.1 Å². The molecule has 0 heterocycles. The van der Waals surface area contributed by atoms with Crippen molar-refractivity contribution < 1.29 is 24.2 Å². The number of amides is 1. The number of carboxylic acids is 1. The van der Waals surface area contributed by atoms with Gasteiger partial charge in [0.2, 0.25) is 0 Å². The Labute approximate surface area is 211 Å². The third-order valence-electron chi connectivity index (χ3n) is 7.15. The maximum atomic E-state index is 12.6. The smallest absolute Gasteiger partial charge is 0.407 e. The number of ether oxygens (including phenoxy) is 2. The zero-order chi connectivity index (χ0) is 24.9. The molecular weight excluding hydrogens is 454 g/mol. The van der Waals surface area contributed by atoms with Crippen LogP contribution in [0.5, 0.6) is 5.75 Å². The SMILES string of the molecule is O=C(N[C@@H](Cc1ccc(OC2CCCCC2)cc1)C(=O)O)OCC1c2ccccc2-c2ccccc21. The number of nitrogens with one attached hydrogen (secondary N) is 1. The molecule has 0 saturated heterocycles. The number of rotatable bonds is 8. The normalized spacial score (nSPS) is 16.0. The number of aliphatic carboxylic acids is 1. The Morgan fingerprint density at radius 2 is 1.47 bits per heavy atom. The van der Waals surface area contributed by atoms with Crippen molar-refractivity contribution in [3.05, 3.63) is 89.5 Å². The Morgan fingerprint density at radius 1 is 0.861 bits per heavy atom. The molecule has 0 aliphatic heterocycles. The van der Waals surface area contributed by atoms with E-state index in [0.29, 0.717) is 0 Å². The summed E-state index contributed by atoms with van der Waals surface area (Å²) in [5.41, 5.74) is 5.30. The van der Waals surface area contributed by atoms with E-state index in [0.717, 1.165) is 46.4 Å². The highest BCUT2D eigenvalue weighted by Gasteiger charge is 2.30. The summed E-state index contributed by atoms with van der Waals surface area (Å²) in [6.07, 6.45) is 5.50. The fourth-order valence-corrected chi connectivity index (χ4v) is 5.30. The average molecular weight is 486 g/mol. The molecule has 6 heteroatoms. The molecule has 0 spiro atoms. The molecule has 2 aliphatic rings. The predicted octanol–water partition coefficient (Wildman–Crippen LogP) is 5.93. The number of alkyl carbamates (subject to hydrolysis) is 1. The van der Waals surface area contributed by atoms with Crippen molar-refractivity contribution in [1.82, 2.24) is 5.32 Å². The van der Waals surface area contributed by atoms with E-state index in [1.54, 1.807) is 0 Å². The Hall–Kier alpha value is -3.80. The van der Waals surface area contributed by atoms with Crippen molar-refractivity contribution in [1.29, 1.82) is 0 Å². The number of hydrogen-bond donors (Lipinski definition) is 2. The van der Waals surface area contributed by atoms with E-state index in [9.17, 15) is 14.7 Å². The Balaban J connectivity index is 1.18. The maximum absolute atomic E-state index is 12.6. The molecule has 1 fully saturated rings. The summed E-state index contributed by atoms with van der Waals surface area (Å²) >= 11 is 0. The highest BCUT2D eigenvalue weighted by molar-refractivity contribution is 5.81. The van der Waals surface area contributed by atoms with Gasteiger partial charge in [-0.2, -0.15) is 0 Å². The van der Waals surface area contributed by atoms with Gasteiger partial charge in [0.05, 0.1) is 6.10 Å². The molecule has 186 valence electrons. The largest absolute Gasteiger partial charge is 0.490 e. The van der Waals surface area contributed by atoms with Crippen molar-refractivity contribution >= 4 is 12.1 Å². The second kappa shape index (κ2) is 10.9. The Morgan fingerprint density at radius 3 is 2.08 bits per heavy atom. The molecule has 2 N–H and O–H groups in total. The maximum Gasteiger partial charge on any atom is 0.407 e. The van der Waals surface area contributed by atoms with E-state index in [2.05, 4.69) is 17.4 Å². The quantitative estimate of drug-likeness (QED) is 0.413. The van der Waals surface area contributed by atoms with Crippen molar-refractivity contribution in [2.45, 2.75) is 56.6 Å². The summed E-state index contributed by atoms with van der Waals surface area (Å²) in [6, 6.07) is 22.5. The lowest BCUT2D eigenvalue weighted by atomic mass is 9.98. The molecule has 6 nitrogen and oxygen atoms in total. The number of carboxylic acid groups (broad SMARTS) is 1. The molecular formula is C30H31NO5. The minimum absolute atomic E-state index is 0.0804.